The molecule has 0 saturated heterocycles. The molecule has 1 aromatic rings. The minimum atomic E-state index is 0.0581. The van der Waals surface area contributed by atoms with Crippen molar-refractivity contribution >= 4 is 5.91 Å². The summed E-state index contributed by atoms with van der Waals surface area (Å²) in [6, 6.07) is 10.00. The van der Waals surface area contributed by atoms with Crippen molar-refractivity contribution in [2.24, 2.45) is 0 Å². The maximum absolute atomic E-state index is 11.4. The van der Waals surface area contributed by atoms with E-state index in [2.05, 4.69) is 5.32 Å². The van der Waals surface area contributed by atoms with Crippen LogP contribution in [0.5, 0.6) is 0 Å². The quantitative estimate of drug-likeness (QED) is 0.759. The van der Waals surface area contributed by atoms with E-state index in [1.807, 2.05) is 44.3 Å². The summed E-state index contributed by atoms with van der Waals surface area (Å²) in [4.78, 5) is 13.2. The number of carbonyl (C=O) groups is 1. The van der Waals surface area contributed by atoms with Crippen molar-refractivity contribution in [1.82, 2.24) is 10.2 Å². The second kappa shape index (κ2) is 5.51. The van der Waals surface area contributed by atoms with Crippen LogP contribution in [0.2, 0.25) is 0 Å². The van der Waals surface area contributed by atoms with Crippen LogP contribution in [-0.2, 0) is 11.3 Å². The largest absolute Gasteiger partial charge is 0.323 e. The summed E-state index contributed by atoms with van der Waals surface area (Å²) in [5, 5.41) is 3.07. The summed E-state index contributed by atoms with van der Waals surface area (Å²) in [6.07, 6.45) is 0.0581. The minimum absolute atomic E-state index is 0.0581. The molecule has 0 radical (unpaired) electrons. The first-order chi connectivity index (χ1) is 7.15. The molecule has 1 unspecified atom stereocenters. The monoisotopic (exact) mass is 206 g/mol. The molecule has 0 aromatic heterocycles. The van der Waals surface area contributed by atoms with Crippen molar-refractivity contribution in [2.75, 3.05) is 7.05 Å². The zero-order valence-electron chi connectivity index (χ0n) is 9.53. The molecule has 3 heteroatoms. The van der Waals surface area contributed by atoms with Crippen LogP contribution < -0.4 is 5.32 Å². The van der Waals surface area contributed by atoms with E-state index in [0.29, 0.717) is 6.54 Å². The molecular formula is C12H18N2O. The zero-order valence-corrected chi connectivity index (χ0v) is 9.53. The van der Waals surface area contributed by atoms with E-state index < -0.39 is 0 Å². The predicted octanol–water partition coefficient (Wildman–Crippen LogP) is 1.60. The molecule has 0 saturated carbocycles. The van der Waals surface area contributed by atoms with E-state index in [-0.39, 0.29) is 12.1 Å². The van der Waals surface area contributed by atoms with Crippen molar-refractivity contribution < 1.29 is 4.79 Å². The van der Waals surface area contributed by atoms with Gasteiger partial charge in [0, 0.05) is 13.5 Å². The average molecular weight is 206 g/mol. The van der Waals surface area contributed by atoms with Crippen LogP contribution in [0.25, 0.3) is 0 Å². The molecule has 0 fully saturated rings. The first-order valence-electron chi connectivity index (χ1n) is 5.13. The van der Waals surface area contributed by atoms with E-state index >= 15 is 0 Å². The van der Waals surface area contributed by atoms with Gasteiger partial charge in [-0.05, 0) is 19.5 Å². The fourth-order valence-electron chi connectivity index (χ4n) is 1.46. The number of rotatable bonds is 4. The number of nitrogens with one attached hydrogen (secondary N) is 1. The number of hydrogen-bond donors (Lipinski definition) is 1. The number of carbonyl (C=O) groups excluding carboxylic acids is 1. The lowest BCUT2D eigenvalue weighted by atomic mass is 10.2. The summed E-state index contributed by atoms with van der Waals surface area (Å²) in [5.41, 5.74) is 1.15. The van der Waals surface area contributed by atoms with Gasteiger partial charge in [0.25, 0.3) is 0 Å². The van der Waals surface area contributed by atoms with Gasteiger partial charge in [0.15, 0.2) is 0 Å². The Morgan fingerprint density at radius 1 is 1.40 bits per heavy atom. The Hall–Kier alpha value is -1.35. The lowest BCUT2D eigenvalue weighted by Crippen LogP contribution is -2.44. The fraction of sp³-hybridized carbons (Fsp3) is 0.417. The third kappa shape index (κ3) is 3.36. The molecule has 0 aliphatic carbocycles. The molecule has 1 amide bonds. The van der Waals surface area contributed by atoms with Gasteiger partial charge >= 0.3 is 0 Å². The minimum Gasteiger partial charge on any atom is -0.323 e. The smallest absolute Gasteiger partial charge is 0.220 e. The number of nitrogens with zero attached hydrogens (tertiary/aromatic N) is 1. The predicted molar refractivity (Wildman–Crippen MR) is 61.2 cm³/mol. The van der Waals surface area contributed by atoms with Crippen LogP contribution in [0.1, 0.15) is 19.4 Å². The standard InChI is InChI=1S/C12H18N2O/c1-10(13-3)14(11(2)15)9-12-7-5-4-6-8-12/h4-8,10,13H,9H2,1-3H3. The third-order valence-electron chi connectivity index (χ3n) is 2.49. The highest BCUT2D eigenvalue weighted by atomic mass is 16.2. The van der Waals surface area contributed by atoms with Crippen LogP contribution in [0.15, 0.2) is 30.3 Å². The molecule has 0 bridgehead atoms. The lowest BCUT2D eigenvalue weighted by Gasteiger charge is -2.27. The maximum Gasteiger partial charge on any atom is 0.220 e. The van der Waals surface area contributed by atoms with Gasteiger partial charge in [0.1, 0.15) is 0 Å². The highest BCUT2D eigenvalue weighted by Gasteiger charge is 2.14. The van der Waals surface area contributed by atoms with Crippen LogP contribution in [-0.4, -0.2) is 24.0 Å². The van der Waals surface area contributed by atoms with Crippen LogP contribution >= 0.6 is 0 Å². The summed E-state index contributed by atoms with van der Waals surface area (Å²) < 4.78 is 0. The van der Waals surface area contributed by atoms with Crippen molar-refractivity contribution in [2.45, 2.75) is 26.6 Å². The highest BCUT2D eigenvalue weighted by Crippen LogP contribution is 2.06. The first kappa shape index (κ1) is 11.7. The summed E-state index contributed by atoms with van der Waals surface area (Å²) in [5.74, 6) is 0.0840. The average Bonchev–Trinajstić information content (AvgIpc) is 2.26. The summed E-state index contributed by atoms with van der Waals surface area (Å²) in [7, 11) is 1.85. The molecule has 15 heavy (non-hydrogen) atoms. The van der Waals surface area contributed by atoms with Gasteiger partial charge in [0.05, 0.1) is 6.17 Å². The van der Waals surface area contributed by atoms with E-state index in [4.69, 9.17) is 0 Å². The molecule has 3 nitrogen and oxygen atoms in total. The second-order valence-electron chi connectivity index (χ2n) is 3.60. The first-order valence-corrected chi connectivity index (χ1v) is 5.13. The zero-order chi connectivity index (χ0) is 11.3. The highest BCUT2D eigenvalue weighted by molar-refractivity contribution is 5.73. The topological polar surface area (TPSA) is 32.3 Å². The van der Waals surface area contributed by atoms with E-state index in [1.54, 1.807) is 11.8 Å². The maximum atomic E-state index is 11.4. The van der Waals surface area contributed by atoms with E-state index in [9.17, 15) is 4.79 Å². The molecule has 0 heterocycles. The van der Waals surface area contributed by atoms with Gasteiger partial charge in [-0.15, -0.1) is 0 Å². The number of amides is 1. The van der Waals surface area contributed by atoms with Gasteiger partial charge in [-0.2, -0.15) is 0 Å². The molecule has 1 aromatic carbocycles. The second-order valence-corrected chi connectivity index (χ2v) is 3.60. The Morgan fingerprint density at radius 2 is 2.00 bits per heavy atom. The Morgan fingerprint density at radius 3 is 2.47 bits per heavy atom. The lowest BCUT2D eigenvalue weighted by molar-refractivity contribution is -0.132. The Bertz CT molecular complexity index is 311. The van der Waals surface area contributed by atoms with Crippen molar-refractivity contribution in [3.05, 3.63) is 35.9 Å². The van der Waals surface area contributed by atoms with E-state index in [0.717, 1.165) is 5.56 Å². The van der Waals surface area contributed by atoms with Gasteiger partial charge in [0.2, 0.25) is 5.91 Å². The Balaban J connectivity index is 2.71. The third-order valence-corrected chi connectivity index (χ3v) is 2.49. The van der Waals surface area contributed by atoms with Crippen molar-refractivity contribution in [3.63, 3.8) is 0 Å². The molecule has 0 spiro atoms. The van der Waals surface area contributed by atoms with Crippen LogP contribution in [0.4, 0.5) is 0 Å². The van der Waals surface area contributed by atoms with Crippen molar-refractivity contribution in [1.29, 1.82) is 0 Å². The number of benzene rings is 1. The van der Waals surface area contributed by atoms with Gasteiger partial charge in [-0.25, -0.2) is 0 Å². The van der Waals surface area contributed by atoms with Crippen LogP contribution in [0.3, 0.4) is 0 Å². The molecule has 1 rings (SSSR count). The normalized spacial score (nSPS) is 12.2. The Labute approximate surface area is 91.1 Å². The summed E-state index contributed by atoms with van der Waals surface area (Å²) >= 11 is 0. The van der Waals surface area contributed by atoms with Crippen LogP contribution in [0, 0.1) is 0 Å². The molecule has 82 valence electrons. The molecule has 1 atom stereocenters. The summed E-state index contributed by atoms with van der Waals surface area (Å²) in [6.45, 7) is 4.22. The van der Waals surface area contributed by atoms with Crippen molar-refractivity contribution in [3.8, 4) is 0 Å². The molecule has 0 aliphatic heterocycles. The SMILES string of the molecule is CNC(C)N(Cc1ccccc1)C(C)=O. The molecule has 1 N–H and O–H groups in total. The van der Waals surface area contributed by atoms with Gasteiger partial charge in [-0.3, -0.25) is 4.79 Å². The fourth-order valence-corrected chi connectivity index (χ4v) is 1.46. The number of hydrogen-bond acceptors (Lipinski definition) is 2. The molecular weight excluding hydrogens is 188 g/mol. The van der Waals surface area contributed by atoms with Gasteiger partial charge in [-0.1, -0.05) is 30.3 Å². The van der Waals surface area contributed by atoms with Gasteiger partial charge < -0.3 is 10.2 Å². The van der Waals surface area contributed by atoms with E-state index in [1.165, 1.54) is 0 Å². The molecule has 0 aliphatic rings. The Kier molecular flexibility index (Phi) is 4.31.